The summed E-state index contributed by atoms with van der Waals surface area (Å²) in [5.41, 5.74) is 2.62. The van der Waals surface area contributed by atoms with Gasteiger partial charge in [0, 0.05) is 59.1 Å². The first-order chi connectivity index (χ1) is 16.9. The van der Waals surface area contributed by atoms with E-state index < -0.39 is 20.0 Å². The second kappa shape index (κ2) is 10.1. The summed E-state index contributed by atoms with van der Waals surface area (Å²) in [5.74, 6) is -0.281. The highest BCUT2D eigenvalue weighted by atomic mass is 32.2. The molecule has 2 heterocycles. The van der Waals surface area contributed by atoms with E-state index in [4.69, 9.17) is 0 Å². The maximum absolute atomic E-state index is 13.7. The normalized spacial score (nSPS) is 17.7. The van der Waals surface area contributed by atoms with Gasteiger partial charge < -0.3 is 9.80 Å². The minimum Gasteiger partial charge on any atom is -0.371 e. The van der Waals surface area contributed by atoms with E-state index in [9.17, 15) is 21.6 Å². The van der Waals surface area contributed by atoms with Crippen LogP contribution in [0.25, 0.3) is 0 Å². The van der Waals surface area contributed by atoms with Gasteiger partial charge in [-0.3, -0.25) is 4.79 Å². The number of piperazine rings is 1. The molecule has 2 aromatic carbocycles. The predicted octanol–water partition coefficient (Wildman–Crippen LogP) is 2.30. The van der Waals surface area contributed by atoms with E-state index in [1.54, 1.807) is 36.1 Å². The number of hydrogen-bond donors (Lipinski definition) is 0. The van der Waals surface area contributed by atoms with Crippen LogP contribution in [0.5, 0.6) is 0 Å². The zero-order valence-corrected chi connectivity index (χ0v) is 22.9. The van der Waals surface area contributed by atoms with Crippen molar-refractivity contribution in [2.75, 3.05) is 58.3 Å². The molecule has 0 aliphatic carbocycles. The lowest BCUT2D eigenvalue weighted by atomic mass is 10.1. The summed E-state index contributed by atoms with van der Waals surface area (Å²) in [5, 5.41) is 0. The summed E-state index contributed by atoms with van der Waals surface area (Å²) in [7, 11) is -4.48. The number of benzene rings is 2. The molecule has 2 aliphatic heterocycles. The topological polar surface area (TPSA) is 98.3 Å². The molecule has 0 spiro atoms. The van der Waals surface area contributed by atoms with Crippen molar-refractivity contribution in [1.29, 1.82) is 0 Å². The van der Waals surface area contributed by atoms with Gasteiger partial charge in [-0.1, -0.05) is 12.1 Å². The van der Waals surface area contributed by atoms with Gasteiger partial charge >= 0.3 is 0 Å². The van der Waals surface area contributed by atoms with Gasteiger partial charge in [0.25, 0.3) is 5.91 Å². The number of nitrogens with zero attached hydrogens (tertiary/aromatic N) is 4. The van der Waals surface area contributed by atoms with Gasteiger partial charge in [-0.2, -0.15) is 4.31 Å². The first-order valence-electron chi connectivity index (χ1n) is 12.1. The van der Waals surface area contributed by atoms with Gasteiger partial charge in [0.15, 0.2) is 0 Å². The Morgan fingerprint density at radius 1 is 0.833 bits per heavy atom. The third-order valence-corrected chi connectivity index (χ3v) is 10.8. The van der Waals surface area contributed by atoms with Crippen molar-refractivity contribution < 1.29 is 21.6 Å². The van der Waals surface area contributed by atoms with Crippen LogP contribution in [0.2, 0.25) is 0 Å². The SMILES string of the molecule is Cc1ccc(C)c(S(=O)(=O)N2CCN(C(=O)c3cc(S(=O)(=O)N(C)C)ccc3N3CCCC3)CC2)c1. The van der Waals surface area contributed by atoms with Crippen LogP contribution in [0.4, 0.5) is 5.69 Å². The fraction of sp³-hybridized carbons (Fsp3) is 0.480. The Hall–Kier alpha value is -2.47. The minimum absolute atomic E-state index is 0.0648. The summed E-state index contributed by atoms with van der Waals surface area (Å²) in [6.07, 6.45) is 2.03. The number of hydrogen-bond acceptors (Lipinski definition) is 6. The lowest BCUT2D eigenvalue weighted by molar-refractivity contribution is 0.0698. The van der Waals surface area contributed by atoms with Crippen molar-refractivity contribution >= 4 is 31.6 Å². The smallest absolute Gasteiger partial charge is 0.256 e. The highest BCUT2D eigenvalue weighted by Crippen LogP contribution is 2.30. The molecule has 0 radical (unpaired) electrons. The summed E-state index contributed by atoms with van der Waals surface area (Å²) in [6.45, 7) is 6.06. The molecule has 1 amide bonds. The average molecular weight is 535 g/mol. The molecule has 2 fully saturated rings. The van der Waals surface area contributed by atoms with Gasteiger partial charge in [-0.25, -0.2) is 21.1 Å². The minimum atomic E-state index is -3.71. The molecular formula is C25H34N4O5S2. The zero-order chi connectivity index (χ0) is 26.3. The van der Waals surface area contributed by atoms with Crippen LogP contribution in [0.1, 0.15) is 34.3 Å². The first kappa shape index (κ1) is 26.6. The third kappa shape index (κ3) is 5.02. The van der Waals surface area contributed by atoms with E-state index in [1.165, 1.54) is 24.5 Å². The molecule has 2 aliphatic rings. The van der Waals surface area contributed by atoms with Gasteiger partial charge in [0.1, 0.15) is 0 Å². The van der Waals surface area contributed by atoms with E-state index in [1.807, 2.05) is 13.0 Å². The van der Waals surface area contributed by atoms with Crippen LogP contribution >= 0.6 is 0 Å². The molecule has 0 aromatic heterocycles. The predicted molar refractivity (Wildman–Crippen MR) is 139 cm³/mol. The molecule has 0 bridgehead atoms. The van der Waals surface area contributed by atoms with E-state index in [0.29, 0.717) is 16.0 Å². The van der Waals surface area contributed by atoms with Crippen molar-refractivity contribution in [1.82, 2.24) is 13.5 Å². The monoisotopic (exact) mass is 534 g/mol. The van der Waals surface area contributed by atoms with Crippen molar-refractivity contribution in [2.24, 2.45) is 0 Å². The molecular weight excluding hydrogens is 500 g/mol. The Morgan fingerprint density at radius 3 is 2.08 bits per heavy atom. The molecule has 0 unspecified atom stereocenters. The third-order valence-electron chi connectivity index (χ3n) is 6.91. The van der Waals surface area contributed by atoms with Crippen LogP contribution in [0, 0.1) is 13.8 Å². The number of amides is 1. The van der Waals surface area contributed by atoms with Crippen LogP contribution in [0.15, 0.2) is 46.2 Å². The number of carbonyl (C=O) groups excluding carboxylic acids is 1. The lowest BCUT2D eigenvalue weighted by Crippen LogP contribution is -2.50. The molecule has 4 rings (SSSR count). The fourth-order valence-corrected chi connectivity index (χ4v) is 7.38. The molecule has 0 atom stereocenters. The Labute approximate surface area is 214 Å². The number of aryl methyl sites for hydroxylation is 2. The van der Waals surface area contributed by atoms with Crippen molar-refractivity contribution in [3.63, 3.8) is 0 Å². The molecule has 36 heavy (non-hydrogen) atoms. The summed E-state index contributed by atoms with van der Waals surface area (Å²) in [4.78, 5) is 17.8. The van der Waals surface area contributed by atoms with Crippen molar-refractivity contribution in [3.05, 3.63) is 53.1 Å². The molecule has 0 N–H and O–H groups in total. The maximum Gasteiger partial charge on any atom is 0.256 e. The Morgan fingerprint density at radius 2 is 1.47 bits per heavy atom. The average Bonchev–Trinajstić information content (AvgIpc) is 3.39. The van der Waals surface area contributed by atoms with E-state index in [2.05, 4.69) is 4.90 Å². The first-order valence-corrected chi connectivity index (χ1v) is 15.0. The van der Waals surface area contributed by atoms with E-state index >= 15 is 0 Å². The van der Waals surface area contributed by atoms with Crippen molar-refractivity contribution in [3.8, 4) is 0 Å². The zero-order valence-electron chi connectivity index (χ0n) is 21.3. The molecule has 11 heteroatoms. The molecule has 196 valence electrons. The Balaban J connectivity index is 1.59. The number of rotatable bonds is 6. The second-order valence-corrected chi connectivity index (χ2v) is 13.7. The molecule has 2 saturated heterocycles. The highest BCUT2D eigenvalue weighted by Gasteiger charge is 2.33. The molecule has 2 aromatic rings. The van der Waals surface area contributed by atoms with Crippen LogP contribution in [0.3, 0.4) is 0 Å². The number of sulfonamides is 2. The second-order valence-electron chi connectivity index (χ2n) is 9.63. The molecule has 0 saturated carbocycles. The summed E-state index contributed by atoms with van der Waals surface area (Å²) in [6, 6.07) is 10.1. The van der Waals surface area contributed by atoms with Crippen LogP contribution in [-0.2, 0) is 20.0 Å². The van der Waals surface area contributed by atoms with Gasteiger partial charge in [-0.05, 0) is 62.1 Å². The fourth-order valence-electron chi connectivity index (χ4n) is 4.72. The molecule has 9 nitrogen and oxygen atoms in total. The summed E-state index contributed by atoms with van der Waals surface area (Å²) < 4.78 is 54.7. The Kier molecular flexibility index (Phi) is 7.47. The van der Waals surface area contributed by atoms with Gasteiger partial charge in [0.05, 0.1) is 15.4 Å². The summed E-state index contributed by atoms with van der Waals surface area (Å²) >= 11 is 0. The standard InChI is InChI=1S/C25H34N4O5S2/c1-19-7-8-20(2)24(17-19)36(33,34)29-15-13-28(14-16-29)25(30)22-18-21(35(31,32)26(3)4)9-10-23(22)27-11-5-6-12-27/h7-10,17-18H,5-6,11-16H2,1-4H3. The van der Waals surface area contributed by atoms with Crippen molar-refractivity contribution in [2.45, 2.75) is 36.5 Å². The maximum atomic E-state index is 13.7. The highest BCUT2D eigenvalue weighted by molar-refractivity contribution is 7.89. The van der Waals surface area contributed by atoms with Gasteiger partial charge in [0.2, 0.25) is 20.0 Å². The number of anilines is 1. The lowest BCUT2D eigenvalue weighted by Gasteiger charge is -2.35. The van der Waals surface area contributed by atoms with E-state index in [0.717, 1.165) is 41.5 Å². The van der Waals surface area contributed by atoms with Gasteiger partial charge in [-0.15, -0.1) is 0 Å². The van der Waals surface area contributed by atoms with Crippen LogP contribution < -0.4 is 4.90 Å². The largest absolute Gasteiger partial charge is 0.371 e. The number of carbonyl (C=O) groups is 1. The van der Waals surface area contributed by atoms with Crippen LogP contribution in [-0.4, -0.2) is 89.6 Å². The van der Waals surface area contributed by atoms with E-state index in [-0.39, 0.29) is 37.0 Å². The quantitative estimate of drug-likeness (QED) is 0.564. The Bertz CT molecular complexity index is 1360.